The summed E-state index contributed by atoms with van der Waals surface area (Å²) >= 11 is 0. The van der Waals surface area contributed by atoms with Crippen LogP contribution in [0, 0.1) is 0 Å². The Balaban J connectivity index is 2.27. The van der Waals surface area contributed by atoms with Crippen LogP contribution in [0.4, 0.5) is 5.95 Å². The van der Waals surface area contributed by atoms with Crippen molar-refractivity contribution in [3.05, 3.63) is 32.5 Å². The standard InChI is InChI=1S/C19H28N6O4/c1-12(2)6-9-24-15-16(21-18(24)23-8-4-5-13(20)11-23)25(10-7-14(26)27)19(29)22(3)17(15)28/h6,13H,4-5,7-11,20H2,1-3H3,(H,26,27). The molecule has 1 aliphatic heterocycles. The third-order valence-corrected chi connectivity index (χ3v) is 5.18. The first kappa shape index (κ1) is 20.8. The number of allylic oxidation sites excluding steroid dienone is 2. The van der Waals surface area contributed by atoms with E-state index < -0.39 is 17.2 Å². The third kappa shape index (κ3) is 4.12. The van der Waals surface area contributed by atoms with E-state index in [2.05, 4.69) is 4.98 Å². The van der Waals surface area contributed by atoms with Gasteiger partial charge in [0.05, 0.1) is 6.42 Å². The Morgan fingerprint density at radius 3 is 2.66 bits per heavy atom. The SMILES string of the molecule is CC(C)=CCn1c(N2CCCC(N)C2)nc2c1c(=O)n(C)c(=O)n2CCC(=O)O. The van der Waals surface area contributed by atoms with Gasteiger partial charge in [-0.1, -0.05) is 11.6 Å². The zero-order valence-corrected chi connectivity index (χ0v) is 17.1. The summed E-state index contributed by atoms with van der Waals surface area (Å²) in [5.41, 5.74) is 6.72. The molecule has 0 radical (unpaired) electrons. The van der Waals surface area contributed by atoms with Gasteiger partial charge in [0.1, 0.15) is 0 Å². The molecule has 0 saturated carbocycles. The number of carboxylic acid groups (broad SMARTS) is 1. The maximum atomic E-state index is 13.0. The van der Waals surface area contributed by atoms with Gasteiger partial charge in [-0.05, 0) is 26.7 Å². The fourth-order valence-electron chi connectivity index (χ4n) is 3.63. The fraction of sp³-hybridized carbons (Fsp3) is 0.579. The van der Waals surface area contributed by atoms with Crippen LogP contribution in [-0.2, 0) is 24.9 Å². The molecule has 0 spiro atoms. The lowest BCUT2D eigenvalue weighted by Gasteiger charge is -2.31. The van der Waals surface area contributed by atoms with Crippen LogP contribution in [0.3, 0.4) is 0 Å². The van der Waals surface area contributed by atoms with Crippen molar-refractivity contribution in [1.82, 2.24) is 18.7 Å². The minimum absolute atomic E-state index is 0.0116. The number of fused-ring (bicyclic) bond motifs is 1. The molecule has 29 heavy (non-hydrogen) atoms. The van der Waals surface area contributed by atoms with E-state index >= 15 is 0 Å². The van der Waals surface area contributed by atoms with Crippen molar-refractivity contribution < 1.29 is 9.90 Å². The van der Waals surface area contributed by atoms with Crippen LogP contribution in [-0.4, -0.2) is 48.9 Å². The van der Waals surface area contributed by atoms with Gasteiger partial charge in [-0.3, -0.25) is 18.7 Å². The molecule has 158 valence electrons. The van der Waals surface area contributed by atoms with Crippen LogP contribution in [0.15, 0.2) is 21.2 Å². The van der Waals surface area contributed by atoms with Gasteiger partial charge in [0.15, 0.2) is 11.2 Å². The summed E-state index contributed by atoms with van der Waals surface area (Å²) in [6.07, 6.45) is 3.59. The topological polar surface area (TPSA) is 128 Å². The molecule has 1 unspecified atom stereocenters. The van der Waals surface area contributed by atoms with E-state index in [-0.39, 0.29) is 24.7 Å². The van der Waals surface area contributed by atoms with Gasteiger partial charge in [-0.15, -0.1) is 0 Å². The number of imidazole rings is 1. The maximum absolute atomic E-state index is 13.0. The average Bonchev–Trinajstić information content (AvgIpc) is 3.03. The molecule has 1 aliphatic rings. The van der Waals surface area contributed by atoms with Crippen molar-refractivity contribution in [3.63, 3.8) is 0 Å². The second kappa shape index (κ2) is 8.24. The third-order valence-electron chi connectivity index (χ3n) is 5.18. The molecule has 2 aromatic rings. The molecule has 2 aromatic heterocycles. The number of aromatic nitrogens is 4. The molecular weight excluding hydrogens is 376 g/mol. The highest BCUT2D eigenvalue weighted by Gasteiger charge is 2.26. The highest BCUT2D eigenvalue weighted by molar-refractivity contribution is 5.75. The monoisotopic (exact) mass is 404 g/mol. The highest BCUT2D eigenvalue weighted by Crippen LogP contribution is 2.23. The molecule has 1 atom stereocenters. The smallest absolute Gasteiger partial charge is 0.332 e. The normalized spacial score (nSPS) is 17.0. The van der Waals surface area contributed by atoms with Gasteiger partial charge in [-0.25, -0.2) is 4.79 Å². The Labute approximate surface area is 167 Å². The minimum atomic E-state index is -1.02. The number of carboxylic acids is 1. The van der Waals surface area contributed by atoms with E-state index in [1.54, 1.807) is 4.57 Å². The number of hydrogen-bond donors (Lipinski definition) is 2. The Bertz CT molecular complexity index is 1070. The summed E-state index contributed by atoms with van der Waals surface area (Å²) in [4.78, 5) is 43.4. The van der Waals surface area contributed by atoms with Crippen molar-refractivity contribution in [3.8, 4) is 0 Å². The van der Waals surface area contributed by atoms with Gasteiger partial charge in [0.2, 0.25) is 5.95 Å². The number of aliphatic carboxylic acids is 1. The van der Waals surface area contributed by atoms with Crippen LogP contribution >= 0.6 is 0 Å². The molecule has 3 N–H and O–H groups in total. The van der Waals surface area contributed by atoms with Gasteiger partial charge in [-0.2, -0.15) is 4.98 Å². The van der Waals surface area contributed by atoms with Crippen LogP contribution in [0.1, 0.15) is 33.1 Å². The molecule has 1 fully saturated rings. The van der Waals surface area contributed by atoms with Gasteiger partial charge in [0, 0.05) is 39.3 Å². The number of nitrogens with two attached hydrogens (primary N) is 1. The minimum Gasteiger partial charge on any atom is -0.481 e. The van der Waals surface area contributed by atoms with Gasteiger partial charge >= 0.3 is 11.7 Å². The second-order valence-corrected chi connectivity index (χ2v) is 7.77. The van der Waals surface area contributed by atoms with Crippen molar-refractivity contribution in [2.75, 3.05) is 18.0 Å². The summed E-state index contributed by atoms with van der Waals surface area (Å²) in [5, 5.41) is 9.06. The molecule has 0 bridgehead atoms. The second-order valence-electron chi connectivity index (χ2n) is 7.77. The van der Waals surface area contributed by atoms with Crippen LogP contribution in [0.5, 0.6) is 0 Å². The molecule has 10 nitrogen and oxygen atoms in total. The lowest BCUT2D eigenvalue weighted by atomic mass is 10.1. The van der Waals surface area contributed by atoms with Crippen LogP contribution < -0.4 is 21.9 Å². The van der Waals surface area contributed by atoms with E-state index in [4.69, 9.17) is 10.8 Å². The average molecular weight is 404 g/mol. The van der Waals surface area contributed by atoms with E-state index in [0.29, 0.717) is 24.6 Å². The quantitative estimate of drug-likeness (QED) is 0.661. The fourth-order valence-corrected chi connectivity index (χ4v) is 3.63. The molecule has 0 amide bonds. The summed E-state index contributed by atoms with van der Waals surface area (Å²) in [6.45, 7) is 5.67. The number of nitrogens with zero attached hydrogens (tertiary/aromatic N) is 5. The van der Waals surface area contributed by atoms with E-state index in [1.807, 2.05) is 24.8 Å². The van der Waals surface area contributed by atoms with E-state index in [9.17, 15) is 14.4 Å². The van der Waals surface area contributed by atoms with Crippen molar-refractivity contribution in [2.45, 2.75) is 52.2 Å². The van der Waals surface area contributed by atoms with Crippen LogP contribution in [0.2, 0.25) is 0 Å². The number of anilines is 1. The van der Waals surface area contributed by atoms with Crippen molar-refractivity contribution in [2.24, 2.45) is 12.8 Å². The van der Waals surface area contributed by atoms with Crippen molar-refractivity contribution >= 4 is 23.1 Å². The highest BCUT2D eigenvalue weighted by atomic mass is 16.4. The molecule has 3 heterocycles. The van der Waals surface area contributed by atoms with E-state index in [1.165, 1.54) is 11.6 Å². The Hall–Kier alpha value is -2.88. The number of carbonyl (C=O) groups is 1. The number of aryl methyl sites for hydroxylation is 1. The van der Waals surface area contributed by atoms with Gasteiger partial charge < -0.3 is 20.3 Å². The molecule has 3 rings (SSSR count). The zero-order valence-electron chi connectivity index (χ0n) is 17.1. The lowest BCUT2D eigenvalue weighted by molar-refractivity contribution is -0.137. The number of rotatable bonds is 6. The Morgan fingerprint density at radius 2 is 2.03 bits per heavy atom. The zero-order chi connectivity index (χ0) is 21.3. The first-order valence-corrected chi connectivity index (χ1v) is 9.76. The first-order chi connectivity index (χ1) is 13.7. The number of hydrogen-bond acceptors (Lipinski definition) is 6. The molecule has 0 aliphatic carbocycles. The number of piperidine rings is 1. The maximum Gasteiger partial charge on any atom is 0.332 e. The lowest BCUT2D eigenvalue weighted by Crippen LogP contribution is -2.44. The van der Waals surface area contributed by atoms with Crippen LogP contribution in [0.25, 0.3) is 11.2 Å². The molecule has 1 saturated heterocycles. The van der Waals surface area contributed by atoms with Gasteiger partial charge in [0.25, 0.3) is 5.56 Å². The summed E-state index contributed by atoms with van der Waals surface area (Å²) in [6, 6.07) is 0.0116. The predicted molar refractivity (Wildman–Crippen MR) is 110 cm³/mol. The summed E-state index contributed by atoms with van der Waals surface area (Å²) in [7, 11) is 1.40. The Kier molecular flexibility index (Phi) is 5.92. The predicted octanol–water partition coefficient (Wildman–Crippen LogP) is 0.265. The van der Waals surface area contributed by atoms with E-state index in [0.717, 1.165) is 29.5 Å². The molecule has 10 heteroatoms. The summed E-state index contributed by atoms with van der Waals surface area (Å²) in [5.74, 6) is -0.440. The largest absolute Gasteiger partial charge is 0.481 e. The summed E-state index contributed by atoms with van der Waals surface area (Å²) < 4.78 is 4.09. The first-order valence-electron chi connectivity index (χ1n) is 9.76. The molecule has 0 aromatic carbocycles. The Morgan fingerprint density at radius 1 is 1.31 bits per heavy atom. The molecular formula is C19H28N6O4. The van der Waals surface area contributed by atoms with Crippen molar-refractivity contribution in [1.29, 1.82) is 0 Å².